The van der Waals surface area contributed by atoms with Gasteiger partial charge >= 0.3 is 40.8 Å². The predicted molar refractivity (Wildman–Crippen MR) is 184 cm³/mol. The van der Waals surface area contributed by atoms with Gasteiger partial charge in [-0.15, -0.1) is 7.55 Å². The third-order valence-electron chi connectivity index (χ3n) is 6.15. The van der Waals surface area contributed by atoms with Crippen molar-refractivity contribution in [1.29, 1.82) is 0 Å². The molecule has 1 fully saturated rings. The molecule has 4 aromatic carbocycles. The number of allylic oxidation sites excluding steroid dienone is 4. The van der Waals surface area contributed by atoms with Crippen molar-refractivity contribution in [2.75, 3.05) is 0 Å². The topological polar surface area (TPSA) is 0 Å². The van der Waals surface area contributed by atoms with Gasteiger partial charge in [0.25, 0.3) is 0 Å². The average Bonchev–Trinajstić information content (AvgIpc) is 3.72. The maximum Gasteiger partial charge on any atom is 0 e. The molecule has 1 saturated carbocycles. The van der Waals surface area contributed by atoms with Crippen LogP contribution in [0.1, 0.15) is 0 Å². The van der Waals surface area contributed by atoms with E-state index in [4.69, 9.17) is 0 Å². The summed E-state index contributed by atoms with van der Waals surface area (Å²) in [4.78, 5) is 0. The van der Waals surface area contributed by atoms with Crippen LogP contribution in [-0.2, 0) is 31.0 Å². The van der Waals surface area contributed by atoms with Crippen LogP contribution in [0.25, 0.3) is 0 Å². The quantitative estimate of drug-likeness (QED) is 0.113. The summed E-state index contributed by atoms with van der Waals surface area (Å²) in [6.45, 7) is 0. The second-order valence-corrected chi connectivity index (χ2v) is 20.7. The Hall–Kier alpha value is -0.898. The number of rotatable bonds is 4. The van der Waals surface area contributed by atoms with E-state index in [1.807, 2.05) is 0 Å². The zero-order valence-electron chi connectivity index (χ0n) is 21.6. The van der Waals surface area contributed by atoms with E-state index in [-0.39, 0.29) is 17.1 Å². The number of halogens is 2. The van der Waals surface area contributed by atoms with E-state index in [0.29, 0.717) is 13.9 Å². The third kappa shape index (κ3) is 10.1. The van der Waals surface area contributed by atoms with Gasteiger partial charge < -0.3 is 31.0 Å². The standard InChI is InChI=1S/2C17H15P.2BrH.Fe.Pd/c2*1-3-9-15(10-4-1)18(17-13-7-8-14-17)16-11-5-2-6-12-16;;;;/h2*1-14,18H;2*1H;;/q;-4;;;;+2/p-2. The van der Waals surface area contributed by atoms with Crippen molar-refractivity contribution in [2.45, 2.75) is 0 Å². The summed E-state index contributed by atoms with van der Waals surface area (Å²) in [5, 5.41) is 8.69. The fourth-order valence-corrected chi connectivity index (χ4v) is 9.66. The van der Waals surface area contributed by atoms with Crippen LogP contribution in [0.2, 0.25) is 0 Å². The van der Waals surface area contributed by atoms with E-state index in [1.54, 1.807) is 0 Å². The Balaban J connectivity index is 0.000000197. The van der Waals surface area contributed by atoms with Crippen molar-refractivity contribution in [3.05, 3.63) is 171 Å². The van der Waals surface area contributed by atoms with Crippen LogP contribution in [0, 0.1) is 25.7 Å². The second-order valence-electron chi connectivity index (χ2n) is 8.61. The molecule has 6 heteroatoms. The van der Waals surface area contributed by atoms with Gasteiger partial charge in [0.15, 0.2) is 0 Å². The van der Waals surface area contributed by atoms with E-state index < -0.39 is 15.1 Å². The first-order valence-electron chi connectivity index (χ1n) is 12.5. The van der Waals surface area contributed by atoms with Crippen LogP contribution in [-0.4, -0.2) is 10.6 Å². The number of benzene rings is 4. The molecule has 0 aromatic heterocycles. The molecule has 0 unspecified atom stereocenters. The maximum absolute atomic E-state index is 3.11. The van der Waals surface area contributed by atoms with Gasteiger partial charge in [0.05, 0.1) is 0 Å². The van der Waals surface area contributed by atoms with Gasteiger partial charge in [-0.05, 0) is 26.5 Å². The summed E-state index contributed by atoms with van der Waals surface area (Å²) < 4.78 is 0. The first-order valence-corrected chi connectivity index (χ1v) is 22.6. The minimum Gasteiger partial charge on any atom is -0.694 e. The van der Waals surface area contributed by atoms with Gasteiger partial charge in [0.2, 0.25) is 0 Å². The third-order valence-corrected chi connectivity index (χ3v) is 11.6. The summed E-state index contributed by atoms with van der Waals surface area (Å²) in [5.41, 5.74) is 0. The average molecular weight is 823 g/mol. The van der Waals surface area contributed by atoms with Crippen LogP contribution in [0.3, 0.4) is 0 Å². The fraction of sp³-hybridized carbons (Fsp3) is 0. The first-order chi connectivity index (χ1) is 19.3. The molecule has 0 saturated heterocycles. The molecule has 0 atom stereocenters. The van der Waals surface area contributed by atoms with E-state index >= 15 is 0 Å². The number of hydrogen-bond donors (Lipinski definition) is 0. The smallest absolute Gasteiger partial charge is 0 e. The zero-order valence-corrected chi connectivity index (χ0v) is 29.4. The van der Waals surface area contributed by atoms with Crippen molar-refractivity contribution in [3.63, 3.8) is 0 Å². The van der Waals surface area contributed by atoms with Crippen molar-refractivity contribution in [1.82, 2.24) is 0 Å². The molecular weight excluding hydrogens is 792 g/mol. The van der Waals surface area contributed by atoms with Gasteiger partial charge in [-0.2, -0.15) is 0 Å². The van der Waals surface area contributed by atoms with Gasteiger partial charge in [-0.3, -0.25) is 0 Å². The second kappa shape index (κ2) is 19.3. The van der Waals surface area contributed by atoms with Crippen LogP contribution in [0.15, 0.2) is 146 Å². The van der Waals surface area contributed by atoms with Crippen LogP contribution < -0.4 is 21.2 Å². The largest absolute Gasteiger partial charge is 0.694 e. The molecule has 0 nitrogen and oxygen atoms in total. The van der Waals surface area contributed by atoms with Crippen molar-refractivity contribution >= 4 is 73.8 Å². The molecule has 40 heavy (non-hydrogen) atoms. The summed E-state index contributed by atoms with van der Waals surface area (Å²) in [7, 11) is -1.67. The van der Waals surface area contributed by atoms with Gasteiger partial charge in [-0.25, -0.2) is 0 Å². The van der Waals surface area contributed by atoms with E-state index in [1.165, 1.54) is 31.8 Å². The molecule has 6 rings (SSSR count). The minimum atomic E-state index is -0.834. The molecule has 0 spiro atoms. The molecule has 2 aliphatic carbocycles. The molecule has 4 aromatic rings. The SMILES string of the molecule is C1=CC(=[PH](c2ccccc2)c2ccccc2)C=C1.[Br][Pd][Br].[Fe].c1ccc([PH](=C2[CH-][CH-][CH-][CH-]2)c2ccccc2)cc1. The molecule has 0 amide bonds. The maximum atomic E-state index is 3.11. The van der Waals surface area contributed by atoms with Crippen LogP contribution in [0.4, 0.5) is 0 Å². The Morgan fingerprint density at radius 2 is 0.775 bits per heavy atom. The number of hydrogen-bond acceptors (Lipinski definition) is 0. The molecule has 0 N–H and O–H groups in total. The normalized spacial score (nSPS) is 13.5. The fourth-order valence-electron chi connectivity index (χ4n) is 4.50. The Labute approximate surface area is 273 Å². The molecule has 212 valence electrons. The minimum absolute atomic E-state index is 0. The summed E-state index contributed by atoms with van der Waals surface area (Å²) >= 11 is 6.80. The van der Waals surface area contributed by atoms with E-state index in [0.717, 1.165) is 0 Å². The predicted octanol–water partition coefficient (Wildman–Crippen LogP) is 7.69. The summed E-state index contributed by atoms with van der Waals surface area (Å²) in [6, 6.07) is 43.3. The molecule has 0 aliphatic heterocycles. The molecule has 0 heterocycles. The van der Waals surface area contributed by atoms with Crippen LogP contribution in [0.5, 0.6) is 0 Å². The van der Waals surface area contributed by atoms with E-state index in [2.05, 4.69) is 198 Å². The first kappa shape index (κ1) is 33.6. The van der Waals surface area contributed by atoms with Gasteiger partial charge in [-0.1, -0.05) is 153 Å². The Bertz CT molecular complexity index is 1320. The Morgan fingerprint density at radius 1 is 0.475 bits per heavy atom. The van der Waals surface area contributed by atoms with Gasteiger partial charge in [0.1, 0.15) is 0 Å². The molecular formula is C34H30Br2FeP2Pd-4. The molecule has 0 bridgehead atoms. The van der Waals surface area contributed by atoms with Crippen molar-refractivity contribution in [3.8, 4) is 0 Å². The zero-order chi connectivity index (χ0) is 27.1. The summed E-state index contributed by atoms with van der Waals surface area (Å²) in [6.07, 6.45) is 17.5. The van der Waals surface area contributed by atoms with E-state index in [9.17, 15) is 0 Å². The monoisotopic (exact) mass is 820 g/mol. The Morgan fingerprint density at radius 3 is 1.10 bits per heavy atom. The van der Waals surface area contributed by atoms with Gasteiger partial charge in [0, 0.05) is 17.1 Å². The summed E-state index contributed by atoms with van der Waals surface area (Å²) in [5.74, 6) is 0. The van der Waals surface area contributed by atoms with Crippen molar-refractivity contribution in [2.24, 2.45) is 0 Å². The van der Waals surface area contributed by atoms with Crippen LogP contribution >= 0.6 is 41.9 Å². The van der Waals surface area contributed by atoms with Crippen molar-refractivity contribution < 1.29 is 31.0 Å². The Kier molecular flexibility index (Phi) is 16.2. The molecule has 2 aliphatic rings. The molecule has 0 radical (unpaired) electrons.